The molecule has 408 valence electrons. The summed E-state index contributed by atoms with van der Waals surface area (Å²) in [5, 5.41) is 0. The highest BCUT2D eigenvalue weighted by molar-refractivity contribution is 5.71. The molecule has 0 N–H and O–H groups in total. The van der Waals surface area contributed by atoms with E-state index in [0.29, 0.717) is 19.3 Å². The molecule has 0 aromatic heterocycles. The number of hydrogen-bond acceptors (Lipinski definition) is 6. The van der Waals surface area contributed by atoms with Gasteiger partial charge in [-0.05, 0) is 128 Å². The third kappa shape index (κ3) is 56.7. The van der Waals surface area contributed by atoms with E-state index in [4.69, 9.17) is 14.2 Å². The van der Waals surface area contributed by atoms with Crippen molar-refractivity contribution >= 4 is 17.9 Å². The molecule has 1 atom stereocenters. The van der Waals surface area contributed by atoms with Crippen LogP contribution in [0.25, 0.3) is 0 Å². The van der Waals surface area contributed by atoms with Gasteiger partial charge in [-0.15, -0.1) is 0 Å². The van der Waals surface area contributed by atoms with Gasteiger partial charge in [0.1, 0.15) is 13.2 Å². The Labute approximate surface area is 443 Å². The Morgan fingerprint density at radius 1 is 0.292 bits per heavy atom. The Kier molecular flexibility index (Phi) is 55.9. The van der Waals surface area contributed by atoms with Gasteiger partial charge in [0.15, 0.2) is 6.10 Å². The molecule has 0 heterocycles. The van der Waals surface area contributed by atoms with Crippen molar-refractivity contribution in [3.63, 3.8) is 0 Å². The fourth-order valence-corrected chi connectivity index (χ4v) is 7.81. The van der Waals surface area contributed by atoms with Crippen LogP contribution in [0.15, 0.2) is 122 Å². The van der Waals surface area contributed by atoms with Gasteiger partial charge in [0.05, 0.1) is 0 Å². The Morgan fingerprint density at radius 2 is 0.542 bits per heavy atom. The third-order valence-corrected chi connectivity index (χ3v) is 12.2. The van der Waals surface area contributed by atoms with Crippen LogP contribution in [-0.4, -0.2) is 37.2 Å². The SMILES string of the molecule is CC/C=C\C/C=C\C/C=C\C/C=C\C/C=C\CCCCCCCC(=O)OCC(COC(=O)CCCCCCC/C=C\C/C=C\C/C=C\CC)OC(=O)CCCCCCCCC/C=C\C/C=C\CCCCCC. The average Bonchev–Trinajstić information content (AvgIpc) is 3.38. The van der Waals surface area contributed by atoms with E-state index in [1.54, 1.807) is 0 Å². The third-order valence-electron chi connectivity index (χ3n) is 12.2. The number of allylic oxidation sites excluding steroid dienone is 20. The van der Waals surface area contributed by atoms with Crippen molar-refractivity contribution in [1.29, 1.82) is 0 Å². The number of ether oxygens (including phenoxy) is 3. The molecule has 6 nitrogen and oxygen atoms in total. The molecular weight excluding hydrogens is 889 g/mol. The van der Waals surface area contributed by atoms with E-state index in [9.17, 15) is 14.4 Å². The molecule has 0 bridgehead atoms. The van der Waals surface area contributed by atoms with Crippen molar-refractivity contribution in [2.45, 2.75) is 264 Å². The first-order valence-corrected chi connectivity index (χ1v) is 29.5. The maximum Gasteiger partial charge on any atom is 0.306 e. The number of unbranched alkanes of at least 4 members (excludes halogenated alkanes) is 21. The molecule has 0 aromatic carbocycles. The quantitative estimate of drug-likeness (QED) is 0.0261. The molecular formula is C66H108O6. The maximum atomic E-state index is 12.9. The summed E-state index contributed by atoms with van der Waals surface area (Å²) in [4.78, 5) is 38.2. The molecule has 0 aromatic rings. The predicted octanol–water partition coefficient (Wildman–Crippen LogP) is 20.0. The molecule has 0 fully saturated rings. The molecule has 0 saturated heterocycles. The van der Waals surface area contributed by atoms with Crippen LogP contribution in [0.4, 0.5) is 0 Å². The minimum Gasteiger partial charge on any atom is -0.462 e. The molecule has 0 aliphatic rings. The van der Waals surface area contributed by atoms with Crippen LogP contribution in [0, 0.1) is 0 Å². The van der Waals surface area contributed by atoms with E-state index in [-0.39, 0.29) is 31.1 Å². The van der Waals surface area contributed by atoms with Crippen LogP contribution in [0.3, 0.4) is 0 Å². The zero-order valence-electron chi connectivity index (χ0n) is 46.7. The van der Waals surface area contributed by atoms with Crippen LogP contribution in [0.2, 0.25) is 0 Å². The summed E-state index contributed by atoms with van der Waals surface area (Å²) in [5.41, 5.74) is 0. The van der Waals surface area contributed by atoms with Gasteiger partial charge >= 0.3 is 17.9 Å². The fourth-order valence-electron chi connectivity index (χ4n) is 7.81. The predicted molar refractivity (Wildman–Crippen MR) is 311 cm³/mol. The van der Waals surface area contributed by atoms with Crippen LogP contribution in [0.5, 0.6) is 0 Å². The molecule has 0 saturated carbocycles. The molecule has 0 aliphatic carbocycles. The van der Waals surface area contributed by atoms with Gasteiger partial charge in [-0.25, -0.2) is 0 Å². The fraction of sp³-hybridized carbons (Fsp3) is 0.652. The molecule has 6 heteroatoms. The number of carbonyl (C=O) groups is 3. The topological polar surface area (TPSA) is 78.9 Å². The first-order chi connectivity index (χ1) is 35.5. The molecule has 72 heavy (non-hydrogen) atoms. The summed E-state index contributed by atoms with van der Waals surface area (Å²) in [7, 11) is 0. The Morgan fingerprint density at radius 3 is 0.847 bits per heavy atom. The van der Waals surface area contributed by atoms with Crippen molar-refractivity contribution in [2.75, 3.05) is 13.2 Å². The van der Waals surface area contributed by atoms with Crippen LogP contribution in [0.1, 0.15) is 258 Å². The molecule has 0 spiro atoms. The number of esters is 3. The first kappa shape index (κ1) is 67.8. The number of carbonyl (C=O) groups excluding carboxylic acids is 3. The Hall–Kier alpha value is -4.19. The molecule has 1 unspecified atom stereocenters. The van der Waals surface area contributed by atoms with Crippen LogP contribution >= 0.6 is 0 Å². The van der Waals surface area contributed by atoms with Crippen molar-refractivity contribution in [1.82, 2.24) is 0 Å². The second-order valence-electron chi connectivity index (χ2n) is 19.1. The minimum absolute atomic E-state index is 0.0995. The van der Waals surface area contributed by atoms with E-state index in [1.807, 2.05) is 0 Å². The zero-order chi connectivity index (χ0) is 52.2. The highest BCUT2D eigenvalue weighted by atomic mass is 16.6. The maximum absolute atomic E-state index is 12.9. The standard InChI is InChI=1S/C66H108O6/c1-4-7-10-13-16-19-22-25-28-30-32-33-34-36-38-41-44-47-50-53-56-59-65(68)71-62-63(61-70-64(67)58-55-52-49-46-43-40-37-27-24-21-18-15-12-9-6-3)72-66(69)60-57-54-51-48-45-42-39-35-31-29-26-23-20-17-14-11-8-5-2/h7,9-10,12,16,18-21,23,25,27-29,31-33,36-38,63H,4-6,8,11,13-15,17,22,24,26,30,34-35,39-62H2,1-3H3/b10-7-,12-9-,19-16-,21-18-,23-20-,28-25-,31-29-,33-32-,37-27-,38-36-. The summed E-state index contributed by atoms with van der Waals surface area (Å²) in [6.45, 7) is 6.36. The van der Waals surface area contributed by atoms with Crippen molar-refractivity contribution < 1.29 is 28.6 Å². The highest BCUT2D eigenvalue weighted by Gasteiger charge is 2.19. The Bertz CT molecular complexity index is 1520. The average molecular weight is 998 g/mol. The lowest BCUT2D eigenvalue weighted by Gasteiger charge is -2.18. The lowest BCUT2D eigenvalue weighted by atomic mass is 10.1. The van der Waals surface area contributed by atoms with E-state index in [1.165, 1.54) is 57.8 Å². The largest absolute Gasteiger partial charge is 0.462 e. The Balaban J connectivity index is 4.47. The molecule has 0 rings (SSSR count). The second-order valence-corrected chi connectivity index (χ2v) is 19.1. The van der Waals surface area contributed by atoms with E-state index >= 15 is 0 Å². The van der Waals surface area contributed by atoms with E-state index < -0.39 is 6.10 Å². The van der Waals surface area contributed by atoms with Crippen LogP contribution < -0.4 is 0 Å². The lowest BCUT2D eigenvalue weighted by Crippen LogP contribution is -2.30. The van der Waals surface area contributed by atoms with Crippen molar-refractivity contribution in [3.05, 3.63) is 122 Å². The van der Waals surface area contributed by atoms with E-state index in [2.05, 4.69) is 142 Å². The van der Waals surface area contributed by atoms with Crippen LogP contribution in [-0.2, 0) is 28.6 Å². The van der Waals surface area contributed by atoms with Gasteiger partial charge in [0.25, 0.3) is 0 Å². The lowest BCUT2D eigenvalue weighted by molar-refractivity contribution is -0.167. The van der Waals surface area contributed by atoms with Crippen molar-refractivity contribution in [3.8, 4) is 0 Å². The van der Waals surface area contributed by atoms with E-state index in [0.717, 1.165) is 161 Å². The summed E-state index contributed by atoms with van der Waals surface area (Å²) in [6, 6.07) is 0. The van der Waals surface area contributed by atoms with Gasteiger partial charge < -0.3 is 14.2 Å². The van der Waals surface area contributed by atoms with Gasteiger partial charge in [-0.2, -0.15) is 0 Å². The normalized spacial score (nSPS) is 13.0. The summed E-state index contributed by atoms with van der Waals surface area (Å²) in [6.07, 6.45) is 81.8. The van der Waals surface area contributed by atoms with Gasteiger partial charge in [-0.1, -0.05) is 232 Å². The summed E-state index contributed by atoms with van der Waals surface area (Å²) in [5.74, 6) is -0.942. The zero-order valence-corrected chi connectivity index (χ0v) is 46.7. The highest BCUT2D eigenvalue weighted by Crippen LogP contribution is 2.14. The summed E-state index contributed by atoms with van der Waals surface area (Å²) < 4.78 is 16.9. The minimum atomic E-state index is -0.802. The monoisotopic (exact) mass is 997 g/mol. The smallest absolute Gasteiger partial charge is 0.306 e. The molecule has 0 amide bonds. The van der Waals surface area contributed by atoms with Crippen molar-refractivity contribution in [2.24, 2.45) is 0 Å². The molecule has 0 aliphatic heterocycles. The second kappa shape index (κ2) is 59.4. The van der Waals surface area contributed by atoms with Gasteiger partial charge in [0, 0.05) is 19.3 Å². The van der Waals surface area contributed by atoms with Gasteiger partial charge in [0.2, 0.25) is 0 Å². The summed E-state index contributed by atoms with van der Waals surface area (Å²) >= 11 is 0. The number of hydrogen-bond donors (Lipinski definition) is 0. The van der Waals surface area contributed by atoms with Gasteiger partial charge in [-0.3, -0.25) is 14.4 Å². The molecule has 0 radical (unpaired) electrons. The first-order valence-electron chi connectivity index (χ1n) is 29.5. The number of rotatable bonds is 52.